The quantitative estimate of drug-likeness (QED) is 0.725. The van der Waals surface area contributed by atoms with Gasteiger partial charge in [-0.25, -0.2) is 4.39 Å². The van der Waals surface area contributed by atoms with Gasteiger partial charge in [-0.15, -0.1) is 0 Å². The van der Waals surface area contributed by atoms with Gasteiger partial charge in [0.2, 0.25) is 0 Å². The van der Waals surface area contributed by atoms with E-state index in [9.17, 15) is 4.39 Å². The van der Waals surface area contributed by atoms with Crippen molar-refractivity contribution in [3.8, 4) is 0 Å². The van der Waals surface area contributed by atoms with Gasteiger partial charge < -0.3 is 0 Å². The van der Waals surface area contributed by atoms with Crippen molar-refractivity contribution in [2.75, 3.05) is 13.1 Å². The van der Waals surface area contributed by atoms with Gasteiger partial charge in [-0.3, -0.25) is 4.31 Å². The maximum Gasteiger partial charge on any atom is 0.123 e. The molecule has 1 aromatic carbocycles. The average molecular weight is 225 g/mol. The fraction of sp³-hybridized carbons (Fsp3) is 0.500. The fourth-order valence-corrected chi connectivity index (χ4v) is 2.81. The zero-order valence-corrected chi connectivity index (χ0v) is 9.60. The Kier molecular flexibility index (Phi) is 4.03. The molecule has 3 heteroatoms. The van der Waals surface area contributed by atoms with Crippen LogP contribution in [0.5, 0.6) is 0 Å². The van der Waals surface area contributed by atoms with Crippen molar-refractivity contribution in [1.29, 1.82) is 0 Å². The SMILES string of the molecule is Fc1cccc(CSN2CCCCC2)c1. The molecule has 82 valence electrons. The van der Waals surface area contributed by atoms with Crippen molar-refractivity contribution in [3.63, 3.8) is 0 Å². The van der Waals surface area contributed by atoms with Crippen LogP contribution >= 0.6 is 11.9 Å². The monoisotopic (exact) mass is 225 g/mol. The van der Waals surface area contributed by atoms with Crippen LogP contribution in [-0.2, 0) is 5.75 Å². The van der Waals surface area contributed by atoms with E-state index in [0.717, 1.165) is 11.3 Å². The Bertz CT molecular complexity index is 310. The molecule has 1 aliphatic rings. The lowest BCUT2D eigenvalue weighted by atomic mass is 10.2. The molecule has 0 spiro atoms. The first-order valence-corrected chi connectivity index (χ1v) is 6.41. The fourth-order valence-electron chi connectivity index (χ4n) is 1.79. The Morgan fingerprint density at radius 2 is 2.00 bits per heavy atom. The van der Waals surface area contributed by atoms with Crippen molar-refractivity contribution in [1.82, 2.24) is 4.31 Å². The predicted octanol–water partition coefficient (Wildman–Crippen LogP) is 3.46. The Labute approximate surface area is 94.8 Å². The van der Waals surface area contributed by atoms with Gasteiger partial charge >= 0.3 is 0 Å². The van der Waals surface area contributed by atoms with Gasteiger partial charge in [0.05, 0.1) is 0 Å². The van der Waals surface area contributed by atoms with Crippen molar-refractivity contribution >= 4 is 11.9 Å². The van der Waals surface area contributed by atoms with Gasteiger partial charge in [0.15, 0.2) is 0 Å². The van der Waals surface area contributed by atoms with Crippen molar-refractivity contribution in [3.05, 3.63) is 35.6 Å². The van der Waals surface area contributed by atoms with Crippen LogP contribution in [0.3, 0.4) is 0 Å². The zero-order chi connectivity index (χ0) is 10.5. The molecule has 1 heterocycles. The van der Waals surface area contributed by atoms with E-state index in [1.807, 2.05) is 18.0 Å². The smallest absolute Gasteiger partial charge is 0.123 e. The molecule has 0 radical (unpaired) electrons. The molecule has 0 atom stereocenters. The molecule has 2 rings (SSSR count). The summed E-state index contributed by atoms with van der Waals surface area (Å²) in [5.41, 5.74) is 1.07. The highest BCUT2D eigenvalue weighted by molar-refractivity contribution is 7.96. The molecule has 15 heavy (non-hydrogen) atoms. The van der Waals surface area contributed by atoms with E-state index in [1.165, 1.54) is 38.4 Å². The van der Waals surface area contributed by atoms with Gasteiger partial charge in [0, 0.05) is 18.8 Å². The van der Waals surface area contributed by atoms with Crippen molar-refractivity contribution in [2.24, 2.45) is 0 Å². The lowest BCUT2D eigenvalue weighted by Crippen LogP contribution is -2.23. The summed E-state index contributed by atoms with van der Waals surface area (Å²) in [4.78, 5) is 0. The molecule has 0 bridgehead atoms. The number of piperidine rings is 1. The summed E-state index contributed by atoms with van der Waals surface area (Å²) in [6, 6.07) is 6.88. The van der Waals surface area contributed by atoms with Gasteiger partial charge in [-0.05, 0) is 30.5 Å². The maximum atomic E-state index is 12.9. The van der Waals surface area contributed by atoms with Crippen LogP contribution in [0.1, 0.15) is 24.8 Å². The third-order valence-corrected chi connectivity index (χ3v) is 3.81. The summed E-state index contributed by atoms with van der Waals surface area (Å²) in [6.07, 6.45) is 3.96. The highest BCUT2D eigenvalue weighted by atomic mass is 32.2. The molecule has 0 N–H and O–H groups in total. The third kappa shape index (κ3) is 3.50. The molecule has 0 amide bonds. The number of halogens is 1. The largest absolute Gasteiger partial charge is 0.250 e. The van der Waals surface area contributed by atoms with E-state index < -0.39 is 0 Å². The van der Waals surface area contributed by atoms with E-state index >= 15 is 0 Å². The summed E-state index contributed by atoms with van der Waals surface area (Å²) < 4.78 is 15.3. The van der Waals surface area contributed by atoms with E-state index in [1.54, 1.807) is 12.1 Å². The van der Waals surface area contributed by atoms with E-state index in [0.29, 0.717) is 0 Å². The molecule has 0 saturated carbocycles. The second kappa shape index (κ2) is 5.52. The normalized spacial score (nSPS) is 17.9. The minimum atomic E-state index is -0.133. The molecular weight excluding hydrogens is 209 g/mol. The summed E-state index contributed by atoms with van der Waals surface area (Å²) >= 11 is 1.83. The molecule has 0 aliphatic carbocycles. The van der Waals surface area contributed by atoms with Crippen LogP contribution in [0.15, 0.2) is 24.3 Å². The second-order valence-electron chi connectivity index (χ2n) is 3.89. The standard InChI is InChI=1S/C12H16FNS/c13-12-6-4-5-11(9-12)10-15-14-7-2-1-3-8-14/h4-6,9H,1-3,7-8,10H2. The van der Waals surface area contributed by atoms with Crippen LogP contribution in [0.25, 0.3) is 0 Å². The molecule has 0 aromatic heterocycles. The van der Waals surface area contributed by atoms with Crippen LogP contribution in [0, 0.1) is 5.82 Å². The van der Waals surface area contributed by atoms with E-state index in [-0.39, 0.29) is 5.82 Å². The number of rotatable bonds is 3. The molecule has 1 nitrogen and oxygen atoms in total. The first-order valence-electron chi connectivity index (χ1n) is 5.47. The van der Waals surface area contributed by atoms with Gasteiger partial charge in [0.25, 0.3) is 0 Å². The highest BCUT2D eigenvalue weighted by Gasteiger charge is 2.10. The first-order chi connectivity index (χ1) is 7.34. The minimum absolute atomic E-state index is 0.133. The Morgan fingerprint density at radius 1 is 1.20 bits per heavy atom. The molecular formula is C12H16FNS. The zero-order valence-electron chi connectivity index (χ0n) is 8.79. The first kappa shape index (κ1) is 11.0. The maximum absolute atomic E-state index is 12.9. The highest BCUT2D eigenvalue weighted by Crippen LogP contribution is 2.21. The molecule has 1 fully saturated rings. The topological polar surface area (TPSA) is 3.24 Å². The van der Waals surface area contributed by atoms with Crippen LogP contribution < -0.4 is 0 Å². The third-order valence-electron chi connectivity index (χ3n) is 2.62. The van der Waals surface area contributed by atoms with Crippen molar-refractivity contribution < 1.29 is 4.39 Å². The summed E-state index contributed by atoms with van der Waals surface area (Å²) in [5, 5.41) is 0. The lowest BCUT2D eigenvalue weighted by Gasteiger charge is -2.25. The Hall–Kier alpha value is -0.540. The number of benzene rings is 1. The summed E-state index contributed by atoms with van der Waals surface area (Å²) in [5.74, 6) is 0.754. The van der Waals surface area contributed by atoms with Crippen LogP contribution in [0.4, 0.5) is 4.39 Å². The molecule has 0 unspecified atom stereocenters. The number of hydrogen-bond donors (Lipinski definition) is 0. The van der Waals surface area contributed by atoms with Crippen molar-refractivity contribution in [2.45, 2.75) is 25.0 Å². The summed E-state index contributed by atoms with van der Waals surface area (Å²) in [7, 11) is 0. The van der Waals surface area contributed by atoms with E-state index in [2.05, 4.69) is 4.31 Å². The molecule has 1 saturated heterocycles. The number of hydrogen-bond acceptors (Lipinski definition) is 2. The lowest BCUT2D eigenvalue weighted by molar-refractivity contribution is 0.380. The van der Waals surface area contributed by atoms with E-state index in [4.69, 9.17) is 0 Å². The molecule has 1 aromatic rings. The second-order valence-corrected chi connectivity index (χ2v) is 4.96. The van der Waals surface area contributed by atoms with Crippen LogP contribution in [-0.4, -0.2) is 17.4 Å². The van der Waals surface area contributed by atoms with Gasteiger partial charge in [-0.1, -0.05) is 30.5 Å². The van der Waals surface area contributed by atoms with Gasteiger partial charge in [0.1, 0.15) is 5.82 Å². The Morgan fingerprint density at radius 3 is 2.73 bits per heavy atom. The predicted molar refractivity (Wildman–Crippen MR) is 63.1 cm³/mol. The summed E-state index contributed by atoms with van der Waals surface area (Å²) in [6.45, 7) is 2.36. The van der Waals surface area contributed by atoms with Crippen LogP contribution in [0.2, 0.25) is 0 Å². The Balaban J connectivity index is 1.81. The molecule has 1 aliphatic heterocycles. The van der Waals surface area contributed by atoms with Gasteiger partial charge in [-0.2, -0.15) is 0 Å². The minimum Gasteiger partial charge on any atom is -0.250 e. The number of nitrogens with zero attached hydrogens (tertiary/aromatic N) is 1. The average Bonchev–Trinajstić information content (AvgIpc) is 2.28.